The van der Waals surface area contributed by atoms with Crippen molar-refractivity contribution < 1.29 is 9.53 Å². The third-order valence-electron chi connectivity index (χ3n) is 1.89. The van der Waals surface area contributed by atoms with Crippen LogP contribution in [0.4, 0.5) is 0 Å². The van der Waals surface area contributed by atoms with Crippen LogP contribution >= 0.6 is 11.6 Å². The minimum atomic E-state index is -0.196. The van der Waals surface area contributed by atoms with E-state index >= 15 is 0 Å². The van der Waals surface area contributed by atoms with Crippen LogP contribution in [0.2, 0.25) is 0 Å². The van der Waals surface area contributed by atoms with Crippen molar-refractivity contribution in [3.63, 3.8) is 0 Å². The van der Waals surface area contributed by atoms with Crippen molar-refractivity contribution in [1.82, 2.24) is 10.3 Å². The van der Waals surface area contributed by atoms with Gasteiger partial charge >= 0.3 is 0 Å². The van der Waals surface area contributed by atoms with Gasteiger partial charge in [-0.2, -0.15) is 0 Å². The molecule has 0 bridgehead atoms. The number of amides is 1. The van der Waals surface area contributed by atoms with Crippen molar-refractivity contribution in [3.8, 4) is 5.75 Å². The van der Waals surface area contributed by atoms with Gasteiger partial charge in [-0.3, -0.25) is 9.78 Å². The van der Waals surface area contributed by atoms with Crippen LogP contribution in [0.15, 0.2) is 30.6 Å². The summed E-state index contributed by atoms with van der Waals surface area (Å²) in [5.41, 5.74) is 0.469. The Hall–Kier alpha value is -1.55. The maximum Gasteiger partial charge on any atom is 0.255 e. The number of alkyl halides is 1. The first-order chi connectivity index (χ1) is 7.79. The van der Waals surface area contributed by atoms with Crippen LogP contribution in [0, 0.1) is 0 Å². The lowest BCUT2D eigenvalue weighted by atomic mass is 10.2. The molecule has 0 saturated heterocycles. The average molecular weight is 241 g/mol. The summed E-state index contributed by atoms with van der Waals surface area (Å²) >= 11 is 5.45. The van der Waals surface area contributed by atoms with E-state index in [1.807, 2.05) is 0 Å². The molecular weight excluding hydrogens is 228 g/mol. The lowest BCUT2D eigenvalue weighted by Gasteiger charge is -2.06. The van der Waals surface area contributed by atoms with Crippen LogP contribution in [0.1, 0.15) is 10.4 Å². The molecule has 4 nitrogen and oxygen atoms in total. The largest absolute Gasteiger partial charge is 0.494 e. The van der Waals surface area contributed by atoms with E-state index in [1.54, 1.807) is 24.4 Å². The van der Waals surface area contributed by atoms with E-state index in [0.29, 0.717) is 23.7 Å². The number of allylic oxidation sites excluding steroid dienone is 1. The average Bonchev–Trinajstić information content (AvgIpc) is 2.34. The van der Waals surface area contributed by atoms with Gasteiger partial charge in [-0.1, -0.05) is 12.2 Å². The van der Waals surface area contributed by atoms with Crippen LogP contribution in [0.25, 0.3) is 0 Å². The molecule has 1 aromatic rings. The van der Waals surface area contributed by atoms with E-state index in [0.717, 1.165) is 0 Å². The molecule has 0 aliphatic carbocycles. The molecule has 1 amide bonds. The standard InChI is InChI=1S/C11H13ClN2O2/c1-16-10-8-13-7-4-9(10)11(15)14-6-3-2-5-12/h2-4,7-8H,5-6H2,1H3,(H,14,15)/b3-2+. The van der Waals surface area contributed by atoms with E-state index in [9.17, 15) is 4.79 Å². The fourth-order valence-electron chi connectivity index (χ4n) is 1.12. The normalized spacial score (nSPS) is 10.4. The van der Waals surface area contributed by atoms with E-state index in [1.165, 1.54) is 13.3 Å². The molecule has 0 saturated carbocycles. The van der Waals surface area contributed by atoms with Gasteiger partial charge in [0.25, 0.3) is 5.91 Å². The SMILES string of the molecule is COc1cnccc1C(=O)NC/C=C/CCl. The zero-order valence-corrected chi connectivity index (χ0v) is 9.70. The number of methoxy groups -OCH3 is 1. The van der Waals surface area contributed by atoms with Crippen LogP contribution in [-0.4, -0.2) is 30.4 Å². The lowest BCUT2D eigenvalue weighted by molar-refractivity contribution is 0.0955. The number of aromatic nitrogens is 1. The molecule has 1 heterocycles. The second kappa shape index (κ2) is 6.85. The number of rotatable bonds is 5. The molecule has 1 rings (SSSR count). The van der Waals surface area contributed by atoms with Crippen molar-refractivity contribution in [3.05, 3.63) is 36.2 Å². The highest BCUT2D eigenvalue weighted by Crippen LogP contribution is 2.14. The monoisotopic (exact) mass is 240 g/mol. The smallest absolute Gasteiger partial charge is 0.255 e. The first kappa shape index (κ1) is 12.5. The topological polar surface area (TPSA) is 51.2 Å². The van der Waals surface area contributed by atoms with Crippen LogP contribution in [0.3, 0.4) is 0 Å². The van der Waals surface area contributed by atoms with Gasteiger partial charge in [0.2, 0.25) is 0 Å². The Morgan fingerprint density at radius 1 is 1.62 bits per heavy atom. The van der Waals surface area contributed by atoms with Gasteiger partial charge in [0.15, 0.2) is 0 Å². The van der Waals surface area contributed by atoms with Gasteiger partial charge in [0.05, 0.1) is 18.9 Å². The molecule has 0 aliphatic heterocycles. The molecule has 1 N–H and O–H groups in total. The Balaban J connectivity index is 2.62. The predicted octanol–water partition coefficient (Wildman–Crippen LogP) is 1.61. The molecule has 1 aromatic heterocycles. The van der Waals surface area contributed by atoms with Crippen LogP contribution in [0.5, 0.6) is 5.75 Å². The van der Waals surface area contributed by atoms with E-state index in [2.05, 4.69) is 10.3 Å². The van der Waals surface area contributed by atoms with Crippen molar-refractivity contribution >= 4 is 17.5 Å². The predicted molar refractivity (Wildman–Crippen MR) is 63.0 cm³/mol. The Kier molecular flexibility index (Phi) is 5.36. The second-order valence-electron chi connectivity index (χ2n) is 2.91. The molecular formula is C11H13ClN2O2. The zero-order chi connectivity index (χ0) is 11.8. The highest BCUT2D eigenvalue weighted by Gasteiger charge is 2.10. The number of nitrogens with zero attached hydrogens (tertiary/aromatic N) is 1. The third kappa shape index (κ3) is 3.55. The minimum Gasteiger partial charge on any atom is -0.494 e. The molecule has 0 aliphatic rings. The molecule has 5 heteroatoms. The first-order valence-corrected chi connectivity index (χ1v) is 5.30. The number of hydrogen-bond donors (Lipinski definition) is 1. The molecule has 0 unspecified atom stereocenters. The highest BCUT2D eigenvalue weighted by atomic mass is 35.5. The summed E-state index contributed by atoms with van der Waals surface area (Å²) in [6, 6.07) is 1.61. The van der Waals surface area contributed by atoms with Gasteiger partial charge in [0, 0.05) is 18.6 Å². The fourth-order valence-corrected chi connectivity index (χ4v) is 1.25. The summed E-state index contributed by atoms with van der Waals surface area (Å²) in [5, 5.41) is 2.72. The molecule has 0 spiro atoms. The summed E-state index contributed by atoms with van der Waals surface area (Å²) in [6.45, 7) is 0.441. The van der Waals surface area contributed by atoms with E-state index in [4.69, 9.17) is 16.3 Å². The number of pyridine rings is 1. The summed E-state index contributed by atoms with van der Waals surface area (Å²) < 4.78 is 5.03. The summed E-state index contributed by atoms with van der Waals surface area (Å²) in [5.74, 6) is 0.703. The Morgan fingerprint density at radius 2 is 2.44 bits per heavy atom. The number of ether oxygens (including phenoxy) is 1. The lowest BCUT2D eigenvalue weighted by Crippen LogP contribution is -2.23. The summed E-state index contributed by atoms with van der Waals surface area (Å²) in [7, 11) is 1.50. The second-order valence-corrected chi connectivity index (χ2v) is 3.22. The minimum absolute atomic E-state index is 0.196. The highest BCUT2D eigenvalue weighted by molar-refractivity contribution is 6.18. The number of carbonyl (C=O) groups is 1. The van der Waals surface area contributed by atoms with Crippen molar-refractivity contribution in [2.75, 3.05) is 19.5 Å². The number of carbonyl (C=O) groups excluding carboxylic acids is 1. The summed E-state index contributed by atoms with van der Waals surface area (Å²) in [6.07, 6.45) is 6.61. The number of halogens is 1. The van der Waals surface area contributed by atoms with Crippen molar-refractivity contribution in [2.45, 2.75) is 0 Å². The van der Waals surface area contributed by atoms with E-state index in [-0.39, 0.29) is 5.91 Å². The van der Waals surface area contributed by atoms with Gasteiger partial charge in [0.1, 0.15) is 5.75 Å². The van der Waals surface area contributed by atoms with Crippen molar-refractivity contribution in [2.24, 2.45) is 0 Å². The molecule has 0 radical (unpaired) electrons. The van der Waals surface area contributed by atoms with E-state index < -0.39 is 0 Å². The Morgan fingerprint density at radius 3 is 3.12 bits per heavy atom. The Bertz CT molecular complexity index is 380. The van der Waals surface area contributed by atoms with Gasteiger partial charge in [-0.15, -0.1) is 11.6 Å². The quantitative estimate of drug-likeness (QED) is 0.629. The van der Waals surface area contributed by atoms with Crippen LogP contribution in [-0.2, 0) is 0 Å². The van der Waals surface area contributed by atoms with Gasteiger partial charge in [-0.25, -0.2) is 0 Å². The number of nitrogens with one attached hydrogen (secondary N) is 1. The molecule has 0 fully saturated rings. The maximum atomic E-state index is 11.7. The molecule has 86 valence electrons. The van der Waals surface area contributed by atoms with Crippen LogP contribution < -0.4 is 10.1 Å². The Labute approximate surface area is 99.3 Å². The van der Waals surface area contributed by atoms with Gasteiger partial charge < -0.3 is 10.1 Å². The third-order valence-corrected chi connectivity index (χ3v) is 2.06. The molecule has 0 atom stereocenters. The zero-order valence-electron chi connectivity index (χ0n) is 8.94. The first-order valence-electron chi connectivity index (χ1n) is 4.76. The van der Waals surface area contributed by atoms with Gasteiger partial charge in [-0.05, 0) is 6.07 Å². The molecule has 16 heavy (non-hydrogen) atoms. The molecule has 0 aromatic carbocycles. The maximum absolute atomic E-state index is 11.7. The van der Waals surface area contributed by atoms with Crippen molar-refractivity contribution in [1.29, 1.82) is 0 Å². The fraction of sp³-hybridized carbons (Fsp3) is 0.273. The summed E-state index contributed by atoms with van der Waals surface area (Å²) in [4.78, 5) is 15.6. The number of hydrogen-bond acceptors (Lipinski definition) is 3.